The van der Waals surface area contributed by atoms with Crippen LogP contribution in [0.4, 0.5) is 5.69 Å². The van der Waals surface area contributed by atoms with Gasteiger partial charge >= 0.3 is 0 Å². The van der Waals surface area contributed by atoms with Crippen molar-refractivity contribution in [3.05, 3.63) is 72.1 Å². The van der Waals surface area contributed by atoms with Gasteiger partial charge in [0.1, 0.15) is 5.69 Å². The fraction of sp³-hybridized carbons (Fsp3) is 0.100. The molecule has 3 aromatic rings. The first-order chi connectivity index (χ1) is 11.9. The van der Waals surface area contributed by atoms with Gasteiger partial charge in [-0.2, -0.15) is 0 Å². The van der Waals surface area contributed by atoms with Crippen molar-refractivity contribution in [1.29, 1.82) is 0 Å². The molecule has 1 heterocycles. The Hall–Kier alpha value is -3.32. The lowest BCUT2D eigenvalue weighted by Gasteiger charge is -2.08. The number of nitrogens with zero attached hydrogens (tertiary/aromatic N) is 2. The first-order valence-corrected chi connectivity index (χ1v) is 7.72. The molecule has 4 nitrogen and oxygen atoms in total. The van der Waals surface area contributed by atoms with Crippen LogP contribution in [0.2, 0.25) is 0 Å². The molecule has 4 heteroatoms. The molecule has 0 radical (unpaired) electrons. The predicted octanol–water partition coefficient (Wildman–Crippen LogP) is 3.90. The fourth-order valence-corrected chi connectivity index (χ4v) is 2.44. The lowest BCUT2D eigenvalue weighted by Crippen LogP contribution is -2.00. The fourth-order valence-electron chi connectivity index (χ4n) is 2.44. The van der Waals surface area contributed by atoms with E-state index in [9.17, 15) is 0 Å². The molecule has 0 aliphatic rings. The summed E-state index contributed by atoms with van der Waals surface area (Å²) in [6.45, 7) is 0.763. The van der Waals surface area contributed by atoms with E-state index in [1.54, 1.807) is 6.07 Å². The van der Waals surface area contributed by atoms with E-state index < -0.39 is 0 Å². The van der Waals surface area contributed by atoms with Crippen molar-refractivity contribution < 1.29 is 5.21 Å². The Morgan fingerprint density at radius 1 is 1.04 bits per heavy atom. The van der Waals surface area contributed by atoms with Crippen molar-refractivity contribution in [3.63, 3.8) is 0 Å². The van der Waals surface area contributed by atoms with Gasteiger partial charge in [-0.1, -0.05) is 53.5 Å². The van der Waals surface area contributed by atoms with E-state index in [1.165, 1.54) is 17.0 Å². The zero-order valence-corrected chi connectivity index (χ0v) is 13.1. The van der Waals surface area contributed by atoms with E-state index >= 15 is 0 Å². The molecule has 0 bridgehead atoms. The average molecular weight is 315 g/mol. The van der Waals surface area contributed by atoms with Gasteiger partial charge in [0.05, 0.1) is 11.9 Å². The van der Waals surface area contributed by atoms with E-state index in [-0.39, 0.29) is 0 Å². The Labute approximate surface area is 140 Å². The maximum Gasteiger partial charge on any atom is 0.113 e. The van der Waals surface area contributed by atoms with Gasteiger partial charge in [0.15, 0.2) is 0 Å². The summed E-state index contributed by atoms with van der Waals surface area (Å²) >= 11 is 0. The van der Waals surface area contributed by atoms with Crippen molar-refractivity contribution in [3.8, 4) is 11.8 Å². The number of oxime groups is 1. The second-order valence-corrected chi connectivity index (χ2v) is 5.20. The minimum atomic E-state index is 0.582. The van der Waals surface area contributed by atoms with Crippen LogP contribution in [0.1, 0.15) is 17.8 Å². The van der Waals surface area contributed by atoms with Gasteiger partial charge in [-0.3, -0.25) is 0 Å². The lowest BCUT2D eigenvalue weighted by molar-refractivity contribution is 0.321. The molecule has 1 aromatic heterocycles. The van der Waals surface area contributed by atoms with E-state index in [2.05, 4.69) is 57.6 Å². The molecule has 2 aromatic carbocycles. The maximum atomic E-state index is 8.53. The molecule has 3 rings (SSSR count). The smallest absolute Gasteiger partial charge is 0.113 e. The van der Waals surface area contributed by atoms with Gasteiger partial charge in [-0.15, -0.1) is 0 Å². The van der Waals surface area contributed by atoms with E-state index in [0.29, 0.717) is 17.8 Å². The Balaban J connectivity index is 1.60. The minimum Gasteiger partial charge on any atom is -0.411 e. The van der Waals surface area contributed by atoms with Gasteiger partial charge in [0.2, 0.25) is 0 Å². The zero-order chi connectivity index (χ0) is 16.6. The summed E-state index contributed by atoms with van der Waals surface area (Å²) in [5, 5.41) is 17.4. The number of anilines is 1. The number of hydrogen-bond donors (Lipinski definition) is 2. The molecule has 0 atom stereocenters. The van der Waals surface area contributed by atoms with Gasteiger partial charge in [-0.25, -0.2) is 4.98 Å². The van der Waals surface area contributed by atoms with Crippen LogP contribution < -0.4 is 5.32 Å². The summed E-state index contributed by atoms with van der Waals surface area (Å²) in [5.74, 6) is 6.13. The van der Waals surface area contributed by atoms with Crippen LogP contribution in [-0.4, -0.2) is 23.0 Å². The lowest BCUT2D eigenvalue weighted by atomic mass is 10.1. The molecule has 24 heavy (non-hydrogen) atoms. The molecule has 0 unspecified atom stereocenters. The monoisotopic (exact) mass is 315 g/mol. The summed E-state index contributed by atoms with van der Waals surface area (Å²) in [5.41, 5.74) is 2.37. The predicted molar refractivity (Wildman–Crippen MR) is 97.6 cm³/mol. The van der Waals surface area contributed by atoms with Gasteiger partial charge in [-0.05, 0) is 29.5 Å². The first-order valence-electron chi connectivity index (χ1n) is 7.72. The van der Waals surface area contributed by atoms with E-state index in [0.717, 1.165) is 12.2 Å². The van der Waals surface area contributed by atoms with Crippen molar-refractivity contribution in [2.75, 3.05) is 11.9 Å². The highest BCUT2D eigenvalue weighted by molar-refractivity contribution is 5.93. The third-order valence-corrected chi connectivity index (χ3v) is 3.53. The van der Waals surface area contributed by atoms with Crippen molar-refractivity contribution in [2.45, 2.75) is 6.42 Å². The molecule has 0 fully saturated rings. The largest absolute Gasteiger partial charge is 0.411 e. The number of pyridine rings is 1. The molecule has 0 amide bonds. The topological polar surface area (TPSA) is 57.5 Å². The molecule has 0 aliphatic carbocycles. The highest BCUT2D eigenvalue weighted by Crippen LogP contribution is 2.22. The Kier molecular flexibility index (Phi) is 5.06. The van der Waals surface area contributed by atoms with E-state index in [1.807, 2.05) is 24.3 Å². The van der Waals surface area contributed by atoms with Crippen LogP contribution in [-0.2, 0) is 0 Å². The number of benzene rings is 2. The van der Waals surface area contributed by atoms with Crippen molar-refractivity contribution in [1.82, 2.24) is 4.98 Å². The maximum absolute atomic E-state index is 8.53. The Bertz CT molecular complexity index is 917. The molecule has 0 saturated carbocycles. The molecule has 118 valence electrons. The van der Waals surface area contributed by atoms with Crippen LogP contribution in [0, 0.1) is 11.8 Å². The molecular formula is C20H17N3O. The molecule has 0 saturated heterocycles. The van der Waals surface area contributed by atoms with Crippen LogP contribution in [0.3, 0.4) is 0 Å². The SMILES string of the molecule is O/N=C\c1cccc(C#CCCNc2cccc3ccccc23)n1. The Morgan fingerprint density at radius 2 is 1.88 bits per heavy atom. The van der Waals surface area contributed by atoms with Gasteiger partial charge in [0, 0.05) is 24.0 Å². The highest BCUT2D eigenvalue weighted by atomic mass is 16.4. The van der Waals surface area contributed by atoms with Crippen LogP contribution >= 0.6 is 0 Å². The zero-order valence-electron chi connectivity index (χ0n) is 13.1. The van der Waals surface area contributed by atoms with E-state index in [4.69, 9.17) is 5.21 Å². The number of fused-ring (bicyclic) bond motifs is 1. The molecule has 2 N–H and O–H groups in total. The normalized spacial score (nSPS) is 10.5. The first kappa shape index (κ1) is 15.6. The van der Waals surface area contributed by atoms with Crippen LogP contribution in [0.25, 0.3) is 10.8 Å². The molecule has 0 spiro atoms. The summed E-state index contributed by atoms with van der Waals surface area (Å²) in [4.78, 5) is 4.26. The number of rotatable bonds is 4. The molecular weight excluding hydrogens is 298 g/mol. The van der Waals surface area contributed by atoms with Crippen molar-refractivity contribution in [2.24, 2.45) is 5.16 Å². The average Bonchev–Trinajstić information content (AvgIpc) is 2.62. The minimum absolute atomic E-state index is 0.582. The third kappa shape index (κ3) is 3.90. The standard InChI is InChI=1S/C20H17N3O/c24-22-15-18-11-6-10-17(23-18)9-3-4-14-21-20-13-5-8-16-7-1-2-12-19(16)20/h1-2,5-8,10-13,15,21,24H,4,14H2/b22-15-. The summed E-state index contributed by atoms with van der Waals surface area (Å²) < 4.78 is 0. The number of hydrogen-bond acceptors (Lipinski definition) is 4. The van der Waals surface area contributed by atoms with Gasteiger partial charge < -0.3 is 10.5 Å². The van der Waals surface area contributed by atoms with Crippen LogP contribution in [0.15, 0.2) is 65.8 Å². The summed E-state index contributed by atoms with van der Waals surface area (Å²) in [7, 11) is 0. The second-order valence-electron chi connectivity index (χ2n) is 5.20. The van der Waals surface area contributed by atoms with Crippen molar-refractivity contribution >= 4 is 22.7 Å². The summed E-state index contributed by atoms with van der Waals surface area (Å²) in [6.07, 6.45) is 2.00. The second kappa shape index (κ2) is 7.80. The highest BCUT2D eigenvalue weighted by Gasteiger charge is 1.98. The quantitative estimate of drug-likeness (QED) is 0.252. The van der Waals surface area contributed by atoms with Gasteiger partial charge in [0.25, 0.3) is 0 Å². The Morgan fingerprint density at radius 3 is 2.79 bits per heavy atom. The summed E-state index contributed by atoms with van der Waals surface area (Å²) in [6, 6.07) is 20.0. The molecule has 0 aliphatic heterocycles. The van der Waals surface area contributed by atoms with Crippen LogP contribution in [0.5, 0.6) is 0 Å². The number of aromatic nitrogens is 1. The third-order valence-electron chi connectivity index (χ3n) is 3.53. The number of nitrogens with one attached hydrogen (secondary N) is 1.